The lowest BCUT2D eigenvalue weighted by atomic mass is 10.2. The van der Waals surface area contributed by atoms with E-state index >= 15 is 0 Å². The first-order valence-electron chi connectivity index (χ1n) is 3.77. The van der Waals surface area contributed by atoms with Crippen molar-refractivity contribution in [2.24, 2.45) is 0 Å². The second-order valence-corrected chi connectivity index (χ2v) is 3.21. The maximum atomic E-state index is 10.7. The monoisotopic (exact) mass is 199 g/mol. The zero-order chi connectivity index (χ0) is 10.0. The molecule has 3 nitrogen and oxygen atoms in total. The summed E-state index contributed by atoms with van der Waals surface area (Å²) in [6.45, 7) is 3.13. The van der Waals surface area contributed by atoms with Crippen LogP contribution in [0.2, 0.25) is 5.02 Å². The average molecular weight is 200 g/mol. The Morgan fingerprint density at radius 1 is 1.54 bits per heavy atom. The Labute approximate surface area is 81.3 Å². The standard InChI is InChI=1S/C9H10ClNO2/c1-5-3-8(11-6(2)12)7(10)4-9(5)13/h3-4,13H,1-2H3,(H,11,12). The lowest BCUT2D eigenvalue weighted by molar-refractivity contribution is -0.114. The number of aromatic hydroxyl groups is 1. The normalized spacial score (nSPS) is 9.77. The first-order chi connectivity index (χ1) is 6.00. The van der Waals surface area contributed by atoms with Crippen molar-refractivity contribution < 1.29 is 9.90 Å². The third-order valence-electron chi connectivity index (χ3n) is 1.60. The van der Waals surface area contributed by atoms with Gasteiger partial charge in [0, 0.05) is 13.0 Å². The first-order valence-corrected chi connectivity index (χ1v) is 4.15. The number of phenols is 1. The lowest BCUT2D eigenvalue weighted by Crippen LogP contribution is -2.06. The molecule has 0 fully saturated rings. The molecule has 0 unspecified atom stereocenters. The van der Waals surface area contributed by atoms with Crippen LogP contribution in [0.1, 0.15) is 12.5 Å². The number of amides is 1. The summed E-state index contributed by atoms with van der Waals surface area (Å²) in [6, 6.07) is 3.03. The van der Waals surface area contributed by atoms with E-state index in [4.69, 9.17) is 11.6 Å². The maximum absolute atomic E-state index is 10.7. The number of halogens is 1. The number of rotatable bonds is 1. The van der Waals surface area contributed by atoms with Gasteiger partial charge in [-0.05, 0) is 18.6 Å². The SMILES string of the molecule is CC(=O)Nc1cc(C)c(O)cc1Cl. The number of carbonyl (C=O) groups excluding carboxylic acids is 1. The number of hydrogen-bond acceptors (Lipinski definition) is 2. The molecule has 13 heavy (non-hydrogen) atoms. The van der Waals surface area contributed by atoms with E-state index in [9.17, 15) is 9.90 Å². The molecule has 4 heteroatoms. The van der Waals surface area contributed by atoms with E-state index in [1.165, 1.54) is 13.0 Å². The van der Waals surface area contributed by atoms with Crippen LogP contribution >= 0.6 is 11.6 Å². The highest BCUT2D eigenvalue weighted by atomic mass is 35.5. The Balaban J connectivity index is 3.08. The second-order valence-electron chi connectivity index (χ2n) is 2.80. The van der Waals surface area contributed by atoms with Crippen LogP contribution in [0.3, 0.4) is 0 Å². The summed E-state index contributed by atoms with van der Waals surface area (Å²) >= 11 is 5.77. The van der Waals surface area contributed by atoms with Gasteiger partial charge in [0.15, 0.2) is 0 Å². The third kappa shape index (κ3) is 2.36. The number of benzene rings is 1. The highest BCUT2D eigenvalue weighted by Gasteiger charge is 2.05. The van der Waals surface area contributed by atoms with Gasteiger partial charge >= 0.3 is 0 Å². The molecule has 1 amide bonds. The van der Waals surface area contributed by atoms with Gasteiger partial charge in [-0.3, -0.25) is 4.79 Å². The molecule has 0 spiro atoms. The molecule has 0 aromatic heterocycles. The molecule has 1 aromatic rings. The predicted molar refractivity (Wildman–Crippen MR) is 52.2 cm³/mol. The van der Waals surface area contributed by atoms with E-state index < -0.39 is 0 Å². The Kier molecular flexibility index (Phi) is 2.78. The molecule has 2 N–H and O–H groups in total. The molecule has 1 aromatic carbocycles. The van der Waals surface area contributed by atoms with Gasteiger partial charge in [0.2, 0.25) is 5.91 Å². The molecule has 0 bridgehead atoms. The average Bonchev–Trinajstić information content (AvgIpc) is 1.99. The molecule has 1 rings (SSSR count). The summed E-state index contributed by atoms with van der Waals surface area (Å²) < 4.78 is 0. The zero-order valence-corrected chi connectivity index (χ0v) is 8.14. The molecule has 0 aliphatic heterocycles. The molecule has 0 radical (unpaired) electrons. The van der Waals surface area contributed by atoms with Gasteiger partial charge in [0.25, 0.3) is 0 Å². The largest absolute Gasteiger partial charge is 0.508 e. The van der Waals surface area contributed by atoms with Crippen LogP contribution < -0.4 is 5.32 Å². The van der Waals surface area contributed by atoms with Crippen LogP contribution in [0.25, 0.3) is 0 Å². The van der Waals surface area contributed by atoms with E-state index in [-0.39, 0.29) is 11.7 Å². The van der Waals surface area contributed by atoms with Crippen molar-refractivity contribution in [3.8, 4) is 5.75 Å². The highest BCUT2D eigenvalue weighted by molar-refractivity contribution is 6.33. The summed E-state index contributed by atoms with van der Waals surface area (Å²) in [7, 11) is 0. The van der Waals surface area contributed by atoms with Gasteiger partial charge in [0.05, 0.1) is 10.7 Å². The first kappa shape index (κ1) is 9.86. The van der Waals surface area contributed by atoms with Crippen molar-refractivity contribution >= 4 is 23.2 Å². The lowest BCUT2D eigenvalue weighted by Gasteiger charge is -2.07. The maximum Gasteiger partial charge on any atom is 0.221 e. The number of nitrogens with one attached hydrogen (secondary N) is 1. The second kappa shape index (κ2) is 3.66. The number of anilines is 1. The molecule has 0 atom stereocenters. The van der Waals surface area contributed by atoms with Crippen molar-refractivity contribution in [1.29, 1.82) is 0 Å². The van der Waals surface area contributed by atoms with Gasteiger partial charge in [-0.25, -0.2) is 0 Å². The fraction of sp³-hybridized carbons (Fsp3) is 0.222. The van der Waals surface area contributed by atoms with Crippen molar-refractivity contribution in [2.75, 3.05) is 5.32 Å². The van der Waals surface area contributed by atoms with Crippen molar-refractivity contribution in [3.05, 3.63) is 22.7 Å². The molecular weight excluding hydrogens is 190 g/mol. The third-order valence-corrected chi connectivity index (χ3v) is 1.91. The van der Waals surface area contributed by atoms with Gasteiger partial charge < -0.3 is 10.4 Å². The zero-order valence-electron chi connectivity index (χ0n) is 7.39. The summed E-state index contributed by atoms with van der Waals surface area (Å²) in [6.07, 6.45) is 0. The number of hydrogen-bond donors (Lipinski definition) is 2. The fourth-order valence-corrected chi connectivity index (χ4v) is 1.16. The minimum atomic E-state index is -0.188. The van der Waals surface area contributed by atoms with Crippen molar-refractivity contribution in [2.45, 2.75) is 13.8 Å². The van der Waals surface area contributed by atoms with E-state index in [1.54, 1.807) is 13.0 Å². The molecule has 0 heterocycles. The van der Waals surface area contributed by atoms with Crippen LogP contribution in [-0.2, 0) is 4.79 Å². The van der Waals surface area contributed by atoms with E-state index in [2.05, 4.69) is 5.32 Å². The number of aryl methyl sites for hydroxylation is 1. The van der Waals surface area contributed by atoms with E-state index in [1.807, 2.05) is 0 Å². The van der Waals surface area contributed by atoms with Gasteiger partial charge in [-0.15, -0.1) is 0 Å². The summed E-state index contributed by atoms with van der Waals surface area (Å²) in [5.41, 5.74) is 1.19. The molecule has 0 aliphatic rings. The van der Waals surface area contributed by atoms with Gasteiger partial charge in [0.1, 0.15) is 5.75 Å². The summed E-state index contributed by atoms with van der Waals surface area (Å²) in [5.74, 6) is -0.0638. The topological polar surface area (TPSA) is 49.3 Å². The predicted octanol–water partition coefficient (Wildman–Crippen LogP) is 2.31. The van der Waals surface area contributed by atoms with Crippen molar-refractivity contribution in [1.82, 2.24) is 0 Å². The van der Waals surface area contributed by atoms with Crippen LogP contribution in [0.15, 0.2) is 12.1 Å². The minimum Gasteiger partial charge on any atom is -0.508 e. The Morgan fingerprint density at radius 3 is 2.69 bits per heavy atom. The van der Waals surface area contributed by atoms with E-state index in [0.717, 1.165) is 0 Å². The molecule has 70 valence electrons. The van der Waals surface area contributed by atoms with Crippen LogP contribution in [0.5, 0.6) is 5.75 Å². The van der Waals surface area contributed by atoms with Gasteiger partial charge in [-0.1, -0.05) is 11.6 Å². The quantitative estimate of drug-likeness (QED) is 0.682. The molecule has 0 aliphatic carbocycles. The summed E-state index contributed by atoms with van der Waals surface area (Å²) in [5, 5.41) is 12.2. The number of phenolic OH excluding ortho intramolecular Hbond substituents is 1. The Hall–Kier alpha value is -1.22. The Bertz CT molecular complexity index is 350. The smallest absolute Gasteiger partial charge is 0.221 e. The Morgan fingerprint density at radius 2 is 2.15 bits per heavy atom. The van der Waals surface area contributed by atoms with Gasteiger partial charge in [-0.2, -0.15) is 0 Å². The fourth-order valence-electron chi connectivity index (χ4n) is 0.956. The van der Waals surface area contributed by atoms with Crippen LogP contribution in [0, 0.1) is 6.92 Å². The molecular formula is C9H10ClNO2. The van der Waals surface area contributed by atoms with Crippen LogP contribution in [-0.4, -0.2) is 11.0 Å². The summed E-state index contributed by atoms with van der Waals surface area (Å²) in [4.78, 5) is 10.7. The number of carbonyl (C=O) groups is 1. The van der Waals surface area contributed by atoms with Crippen molar-refractivity contribution in [3.63, 3.8) is 0 Å². The molecule has 0 saturated heterocycles. The highest BCUT2D eigenvalue weighted by Crippen LogP contribution is 2.29. The minimum absolute atomic E-state index is 0.124. The van der Waals surface area contributed by atoms with E-state index in [0.29, 0.717) is 16.3 Å². The molecule has 0 saturated carbocycles. The van der Waals surface area contributed by atoms with Crippen LogP contribution in [0.4, 0.5) is 5.69 Å².